The van der Waals surface area contributed by atoms with Gasteiger partial charge in [-0.05, 0) is 45.4 Å². The number of aromatic nitrogens is 6. The lowest BCUT2D eigenvalue weighted by Crippen LogP contribution is -2.39. The summed E-state index contributed by atoms with van der Waals surface area (Å²) >= 11 is 7.89. The molecule has 2 aliphatic rings. The molecule has 11 heteroatoms. The molecule has 0 fully saturated rings. The van der Waals surface area contributed by atoms with Crippen LogP contribution in [0.1, 0.15) is 57.3 Å². The number of nitrogens with zero attached hydrogens (tertiary/aromatic N) is 8. The fourth-order valence-corrected chi connectivity index (χ4v) is 6.28. The van der Waals surface area contributed by atoms with Gasteiger partial charge in [-0.25, -0.2) is 0 Å². The third-order valence-electron chi connectivity index (χ3n) is 7.02. The van der Waals surface area contributed by atoms with Crippen molar-refractivity contribution < 1.29 is 4.79 Å². The van der Waals surface area contributed by atoms with E-state index in [9.17, 15) is 4.79 Å². The van der Waals surface area contributed by atoms with E-state index in [2.05, 4.69) is 43.4 Å². The summed E-state index contributed by atoms with van der Waals surface area (Å²) in [4.78, 5) is 21.8. The Kier molecular flexibility index (Phi) is 5.53. The number of halogens is 1. The van der Waals surface area contributed by atoms with Crippen LogP contribution in [0.15, 0.2) is 29.3 Å². The Morgan fingerprint density at radius 3 is 2.56 bits per heavy atom. The van der Waals surface area contributed by atoms with E-state index in [4.69, 9.17) is 16.6 Å². The molecule has 0 unspecified atom stereocenters. The van der Waals surface area contributed by atoms with Crippen LogP contribution in [0.25, 0.3) is 5.00 Å². The van der Waals surface area contributed by atoms with Gasteiger partial charge in [-0.3, -0.25) is 14.4 Å². The van der Waals surface area contributed by atoms with E-state index in [1.807, 2.05) is 43.0 Å². The van der Waals surface area contributed by atoms with Gasteiger partial charge >= 0.3 is 0 Å². The lowest BCUT2D eigenvalue weighted by atomic mass is 9.99. The van der Waals surface area contributed by atoms with Gasteiger partial charge in [0.15, 0.2) is 11.6 Å². The summed E-state index contributed by atoms with van der Waals surface area (Å²) in [6.07, 6.45) is 0.190. The summed E-state index contributed by atoms with van der Waals surface area (Å²) in [7, 11) is 0. The van der Waals surface area contributed by atoms with Gasteiger partial charge in [0.1, 0.15) is 22.7 Å². The molecule has 6 rings (SSSR count). The minimum Gasteiger partial charge on any atom is -0.333 e. The number of aryl methyl sites for hydroxylation is 3. The Balaban J connectivity index is 1.43. The van der Waals surface area contributed by atoms with Gasteiger partial charge in [-0.1, -0.05) is 23.7 Å². The van der Waals surface area contributed by atoms with E-state index in [-0.39, 0.29) is 12.3 Å². The normalized spacial score (nSPS) is 16.8. The van der Waals surface area contributed by atoms with Crippen LogP contribution in [0.4, 0.5) is 0 Å². The summed E-state index contributed by atoms with van der Waals surface area (Å²) < 4.78 is 4.13. The average Bonchev–Trinajstić information content (AvgIpc) is 3.49. The molecule has 9 nitrogen and oxygen atoms in total. The highest BCUT2D eigenvalue weighted by Gasteiger charge is 2.34. The molecular weight excluding hydrogens is 496 g/mol. The van der Waals surface area contributed by atoms with Crippen molar-refractivity contribution in [2.75, 3.05) is 6.54 Å². The van der Waals surface area contributed by atoms with Crippen molar-refractivity contribution in [1.82, 2.24) is 34.4 Å². The molecule has 0 spiro atoms. The number of amides is 1. The Hall–Kier alpha value is -3.37. The van der Waals surface area contributed by atoms with Gasteiger partial charge in [0.05, 0.1) is 18.7 Å². The molecule has 0 aliphatic carbocycles. The minimum absolute atomic E-state index is 0.0106. The standard InChI is InChI=1S/C25H25ClN8OS/c1-13-14(2)36-25-22(13)23(17-5-7-18(26)8-6-17)27-19(24-31-29-16(4)34(24)25)11-21(35)32-9-10-33-15(3)28-30-20(33)12-32/h5-8,19H,9-12H2,1-4H3/t19-/m0/s1. The van der Waals surface area contributed by atoms with Crippen molar-refractivity contribution in [2.45, 2.75) is 53.2 Å². The lowest BCUT2D eigenvalue weighted by Gasteiger charge is -2.28. The monoisotopic (exact) mass is 520 g/mol. The second-order valence-corrected chi connectivity index (χ2v) is 10.9. The van der Waals surface area contributed by atoms with Crippen molar-refractivity contribution in [1.29, 1.82) is 0 Å². The summed E-state index contributed by atoms with van der Waals surface area (Å²) in [5, 5.41) is 19.0. The van der Waals surface area contributed by atoms with E-state index in [0.29, 0.717) is 30.5 Å². The van der Waals surface area contributed by atoms with Gasteiger partial charge in [-0.15, -0.1) is 31.7 Å². The van der Waals surface area contributed by atoms with Gasteiger partial charge in [-0.2, -0.15) is 0 Å². The van der Waals surface area contributed by atoms with Gasteiger partial charge in [0.2, 0.25) is 5.91 Å². The molecule has 4 aromatic rings. The Morgan fingerprint density at radius 2 is 1.78 bits per heavy atom. The highest BCUT2D eigenvalue weighted by atomic mass is 35.5. The molecule has 0 saturated heterocycles. The molecule has 0 N–H and O–H groups in total. The molecule has 184 valence electrons. The number of aliphatic imine (C=N–C) groups is 1. The maximum absolute atomic E-state index is 13.6. The molecule has 5 heterocycles. The van der Waals surface area contributed by atoms with E-state index in [0.717, 1.165) is 39.3 Å². The summed E-state index contributed by atoms with van der Waals surface area (Å²) in [6, 6.07) is 7.22. The van der Waals surface area contributed by atoms with Crippen molar-refractivity contribution in [3.63, 3.8) is 0 Å². The maximum atomic E-state index is 13.6. The molecular formula is C25H25ClN8OS. The molecule has 0 saturated carbocycles. The van der Waals surface area contributed by atoms with Crippen molar-refractivity contribution in [2.24, 2.45) is 4.99 Å². The molecule has 1 atom stereocenters. The SMILES string of the molecule is Cc1sc2c(c1C)C(c1ccc(Cl)cc1)=N[C@@H](CC(=O)N1CCn3c(C)nnc3C1)c1nnc(C)n1-2. The van der Waals surface area contributed by atoms with Gasteiger partial charge in [0, 0.05) is 34.1 Å². The summed E-state index contributed by atoms with van der Waals surface area (Å²) in [6.45, 7) is 9.85. The zero-order valence-electron chi connectivity index (χ0n) is 20.5. The first-order valence-corrected chi connectivity index (χ1v) is 13.0. The van der Waals surface area contributed by atoms with E-state index in [1.165, 1.54) is 10.4 Å². The van der Waals surface area contributed by atoms with Crippen LogP contribution in [0, 0.1) is 27.7 Å². The van der Waals surface area contributed by atoms with E-state index in [1.54, 1.807) is 11.3 Å². The van der Waals surface area contributed by atoms with Crippen LogP contribution in [0.3, 0.4) is 0 Å². The van der Waals surface area contributed by atoms with Crippen molar-refractivity contribution in [3.8, 4) is 5.00 Å². The predicted octanol–water partition coefficient (Wildman–Crippen LogP) is 4.13. The summed E-state index contributed by atoms with van der Waals surface area (Å²) in [5.41, 5.74) is 4.03. The number of fused-ring (bicyclic) bond motifs is 4. The second kappa shape index (κ2) is 8.63. The third-order valence-corrected chi connectivity index (χ3v) is 8.46. The number of carbonyl (C=O) groups is 1. The number of carbonyl (C=O) groups excluding carboxylic acids is 1. The van der Waals surface area contributed by atoms with Crippen LogP contribution in [-0.4, -0.2) is 52.6 Å². The third kappa shape index (κ3) is 3.67. The largest absolute Gasteiger partial charge is 0.333 e. The number of benzene rings is 1. The number of thiophene rings is 1. The topological polar surface area (TPSA) is 94.1 Å². The quantitative estimate of drug-likeness (QED) is 0.405. The Labute approximate surface area is 217 Å². The first-order valence-electron chi connectivity index (χ1n) is 11.8. The minimum atomic E-state index is -0.481. The first-order chi connectivity index (χ1) is 17.3. The van der Waals surface area contributed by atoms with Crippen LogP contribution in [0.2, 0.25) is 5.02 Å². The van der Waals surface area contributed by atoms with E-state index < -0.39 is 6.04 Å². The van der Waals surface area contributed by atoms with Crippen LogP contribution in [-0.2, 0) is 17.9 Å². The van der Waals surface area contributed by atoms with E-state index >= 15 is 0 Å². The first kappa shape index (κ1) is 23.1. The number of hydrogen-bond donors (Lipinski definition) is 0. The number of rotatable bonds is 3. The zero-order valence-corrected chi connectivity index (χ0v) is 22.1. The van der Waals surface area contributed by atoms with Crippen LogP contribution >= 0.6 is 22.9 Å². The molecule has 0 bridgehead atoms. The molecule has 36 heavy (non-hydrogen) atoms. The van der Waals surface area contributed by atoms with Crippen LogP contribution in [0.5, 0.6) is 0 Å². The smallest absolute Gasteiger partial charge is 0.225 e. The predicted molar refractivity (Wildman–Crippen MR) is 138 cm³/mol. The fourth-order valence-electron chi connectivity index (χ4n) is 4.94. The summed E-state index contributed by atoms with van der Waals surface area (Å²) in [5.74, 6) is 3.16. The number of hydrogen-bond acceptors (Lipinski definition) is 7. The molecule has 0 radical (unpaired) electrons. The highest BCUT2D eigenvalue weighted by molar-refractivity contribution is 7.15. The molecule has 2 aliphatic heterocycles. The lowest BCUT2D eigenvalue weighted by molar-refractivity contribution is -0.133. The highest BCUT2D eigenvalue weighted by Crippen LogP contribution is 2.39. The Bertz CT molecular complexity index is 1530. The second-order valence-electron chi connectivity index (χ2n) is 9.24. The molecule has 3 aromatic heterocycles. The van der Waals surface area contributed by atoms with Crippen LogP contribution < -0.4 is 0 Å². The molecule has 1 amide bonds. The van der Waals surface area contributed by atoms with Gasteiger partial charge in [0.25, 0.3) is 0 Å². The zero-order chi connectivity index (χ0) is 25.1. The van der Waals surface area contributed by atoms with Gasteiger partial charge < -0.3 is 9.47 Å². The fraction of sp³-hybridized carbons (Fsp3) is 0.360. The Morgan fingerprint density at radius 1 is 1.03 bits per heavy atom. The maximum Gasteiger partial charge on any atom is 0.225 e. The van der Waals surface area contributed by atoms with Crippen molar-refractivity contribution >= 4 is 34.6 Å². The van der Waals surface area contributed by atoms with Crippen molar-refractivity contribution in [3.05, 3.63) is 74.2 Å². The average molecular weight is 521 g/mol. The molecule has 1 aromatic carbocycles.